The van der Waals surface area contributed by atoms with Gasteiger partial charge in [-0.2, -0.15) is 0 Å². The Bertz CT molecular complexity index is 316. The minimum Gasteiger partial charge on any atom is -0.310 e. The molecule has 1 N–H and O–H groups in total. The minimum atomic E-state index is 0.514. The van der Waals surface area contributed by atoms with E-state index < -0.39 is 0 Å². The predicted octanol–water partition coefficient (Wildman–Crippen LogP) is 5.19. The van der Waals surface area contributed by atoms with Crippen molar-refractivity contribution in [3.8, 4) is 0 Å². The van der Waals surface area contributed by atoms with Gasteiger partial charge in [-0.1, -0.05) is 70.9 Å². The first-order valence-electron chi connectivity index (χ1n) is 7.88. The number of benzene rings is 1. The zero-order chi connectivity index (χ0) is 14.1. The van der Waals surface area contributed by atoms with Gasteiger partial charge in [-0.25, -0.2) is 0 Å². The number of hydrogen-bond acceptors (Lipinski definition) is 1. The van der Waals surface area contributed by atoms with Crippen molar-refractivity contribution in [2.75, 3.05) is 6.54 Å². The summed E-state index contributed by atoms with van der Waals surface area (Å²) in [6.07, 6.45) is 5.20. The SMILES string of the molecule is CC(C)CCCCNC(CC(C)C)c1ccccc1. The molecule has 0 aliphatic rings. The highest BCUT2D eigenvalue weighted by molar-refractivity contribution is 5.18. The van der Waals surface area contributed by atoms with Crippen LogP contribution in [0.1, 0.15) is 65.0 Å². The Balaban J connectivity index is 2.38. The van der Waals surface area contributed by atoms with Crippen molar-refractivity contribution >= 4 is 0 Å². The van der Waals surface area contributed by atoms with Gasteiger partial charge in [0.15, 0.2) is 0 Å². The van der Waals surface area contributed by atoms with Crippen molar-refractivity contribution in [1.82, 2.24) is 5.32 Å². The second-order valence-corrected chi connectivity index (χ2v) is 6.44. The molecule has 0 fully saturated rings. The van der Waals surface area contributed by atoms with Crippen LogP contribution in [0.15, 0.2) is 30.3 Å². The van der Waals surface area contributed by atoms with E-state index in [1.165, 1.54) is 31.2 Å². The average molecular weight is 261 g/mol. The molecule has 1 heteroatoms. The van der Waals surface area contributed by atoms with E-state index in [-0.39, 0.29) is 0 Å². The minimum absolute atomic E-state index is 0.514. The zero-order valence-electron chi connectivity index (χ0n) is 13.2. The molecule has 1 nitrogen and oxygen atoms in total. The van der Waals surface area contributed by atoms with Crippen LogP contribution < -0.4 is 5.32 Å². The molecule has 1 unspecified atom stereocenters. The molecule has 19 heavy (non-hydrogen) atoms. The van der Waals surface area contributed by atoms with Gasteiger partial charge in [0.25, 0.3) is 0 Å². The van der Waals surface area contributed by atoms with E-state index in [9.17, 15) is 0 Å². The third kappa shape index (κ3) is 7.37. The van der Waals surface area contributed by atoms with Crippen molar-refractivity contribution in [2.24, 2.45) is 11.8 Å². The fourth-order valence-corrected chi connectivity index (χ4v) is 2.45. The molecule has 108 valence electrons. The molecule has 1 rings (SSSR count). The summed E-state index contributed by atoms with van der Waals surface area (Å²) in [7, 11) is 0. The molecule has 0 aliphatic heterocycles. The van der Waals surface area contributed by atoms with E-state index in [1.54, 1.807) is 0 Å². The van der Waals surface area contributed by atoms with Gasteiger partial charge in [-0.05, 0) is 36.8 Å². The van der Waals surface area contributed by atoms with Crippen molar-refractivity contribution in [1.29, 1.82) is 0 Å². The van der Waals surface area contributed by atoms with Gasteiger partial charge in [0, 0.05) is 6.04 Å². The van der Waals surface area contributed by atoms with Crippen LogP contribution in [0.4, 0.5) is 0 Å². The Morgan fingerprint density at radius 3 is 2.16 bits per heavy atom. The molecular formula is C18H31N. The van der Waals surface area contributed by atoms with Gasteiger partial charge in [-0.15, -0.1) is 0 Å². The first-order chi connectivity index (χ1) is 9.09. The monoisotopic (exact) mass is 261 g/mol. The Labute approximate surface area is 119 Å². The molecule has 0 aromatic heterocycles. The Morgan fingerprint density at radius 2 is 1.58 bits per heavy atom. The van der Waals surface area contributed by atoms with Crippen LogP contribution in [0.2, 0.25) is 0 Å². The van der Waals surface area contributed by atoms with E-state index in [4.69, 9.17) is 0 Å². The molecule has 0 aliphatic carbocycles. The molecule has 0 bridgehead atoms. The highest BCUT2D eigenvalue weighted by Crippen LogP contribution is 2.21. The molecule has 1 aromatic carbocycles. The summed E-state index contributed by atoms with van der Waals surface area (Å²) >= 11 is 0. The largest absolute Gasteiger partial charge is 0.310 e. The van der Waals surface area contributed by atoms with Crippen LogP contribution in [0.25, 0.3) is 0 Å². The molecule has 0 radical (unpaired) electrons. The second-order valence-electron chi connectivity index (χ2n) is 6.44. The lowest BCUT2D eigenvalue weighted by molar-refractivity contribution is 0.418. The van der Waals surface area contributed by atoms with Crippen LogP contribution in [0, 0.1) is 11.8 Å². The molecule has 0 heterocycles. The molecule has 0 amide bonds. The quantitative estimate of drug-likeness (QED) is 0.603. The summed E-state index contributed by atoms with van der Waals surface area (Å²) in [5, 5.41) is 3.74. The van der Waals surface area contributed by atoms with Gasteiger partial charge >= 0.3 is 0 Å². The van der Waals surface area contributed by atoms with Crippen molar-refractivity contribution in [3.63, 3.8) is 0 Å². The van der Waals surface area contributed by atoms with Crippen LogP contribution in [-0.2, 0) is 0 Å². The molecule has 1 aromatic rings. The van der Waals surface area contributed by atoms with E-state index >= 15 is 0 Å². The van der Waals surface area contributed by atoms with Crippen molar-refractivity contribution in [3.05, 3.63) is 35.9 Å². The summed E-state index contributed by atoms with van der Waals surface area (Å²) in [4.78, 5) is 0. The maximum absolute atomic E-state index is 3.74. The molecular weight excluding hydrogens is 230 g/mol. The van der Waals surface area contributed by atoms with Gasteiger partial charge in [0.2, 0.25) is 0 Å². The summed E-state index contributed by atoms with van der Waals surface area (Å²) in [6, 6.07) is 11.4. The molecule has 0 saturated carbocycles. The smallest absolute Gasteiger partial charge is 0.0322 e. The van der Waals surface area contributed by atoms with Gasteiger partial charge in [-0.3, -0.25) is 0 Å². The van der Waals surface area contributed by atoms with Gasteiger partial charge < -0.3 is 5.32 Å². The Hall–Kier alpha value is -0.820. The summed E-state index contributed by atoms with van der Waals surface area (Å²) in [5.41, 5.74) is 1.43. The fraction of sp³-hybridized carbons (Fsp3) is 0.667. The number of unbranched alkanes of at least 4 members (excludes halogenated alkanes) is 1. The highest BCUT2D eigenvalue weighted by atomic mass is 14.9. The van der Waals surface area contributed by atoms with Crippen molar-refractivity contribution < 1.29 is 0 Å². The number of nitrogens with one attached hydrogen (secondary N) is 1. The van der Waals surface area contributed by atoms with Crippen LogP contribution in [-0.4, -0.2) is 6.54 Å². The first kappa shape index (κ1) is 16.2. The van der Waals surface area contributed by atoms with Crippen molar-refractivity contribution in [2.45, 2.75) is 59.4 Å². The van der Waals surface area contributed by atoms with Gasteiger partial charge in [0.1, 0.15) is 0 Å². The third-order valence-corrected chi connectivity index (χ3v) is 3.51. The topological polar surface area (TPSA) is 12.0 Å². The zero-order valence-corrected chi connectivity index (χ0v) is 13.2. The summed E-state index contributed by atoms with van der Waals surface area (Å²) < 4.78 is 0. The predicted molar refractivity (Wildman–Crippen MR) is 85.3 cm³/mol. The molecule has 0 spiro atoms. The van der Waals surface area contributed by atoms with E-state index in [1.807, 2.05) is 0 Å². The summed E-state index contributed by atoms with van der Waals surface area (Å²) in [5.74, 6) is 1.56. The molecule has 1 atom stereocenters. The lowest BCUT2D eigenvalue weighted by Gasteiger charge is -2.21. The second kappa shape index (κ2) is 9.14. The fourth-order valence-electron chi connectivity index (χ4n) is 2.45. The number of hydrogen-bond donors (Lipinski definition) is 1. The van der Waals surface area contributed by atoms with Crippen LogP contribution in [0.3, 0.4) is 0 Å². The first-order valence-corrected chi connectivity index (χ1v) is 7.88. The molecule has 0 saturated heterocycles. The lowest BCUT2D eigenvalue weighted by Crippen LogP contribution is -2.24. The Kier molecular flexibility index (Phi) is 7.81. The van der Waals surface area contributed by atoms with Crippen LogP contribution >= 0.6 is 0 Å². The number of rotatable bonds is 9. The lowest BCUT2D eigenvalue weighted by atomic mass is 9.97. The third-order valence-electron chi connectivity index (χ3n) is 3.51. The highest BCUT2D eigenvalue weighted by Gasteiger charge is 2.11. The average Bonchev–Trinajstić information content (AvgIpc) is 2.37. The van der Waals surface area contributed by atoms with E-state index in [0.29, 0.717) is 6.04 Å². The maximum atomic E-state index is 3.74. The summed E-state index contributed by atoms with van der Waals surface area (Å²) in [6.45, 7) is 10.4. The van der Waals surface area contributed by atoms with E-state index in [2.05, 4.69) is 63.3 Å². The van der Waals surface area contributed by atoms with Crippen LogP contribution in [0.5, 0.6) is 0 Å². The van der Waals surface area contributed by atoms with Gasteiger partial charge in [0.05, 0.1) is 0 Å². The van der Waals surface area contributed by atoms with E-state index in [0.717, 1.165) is 18.4 Å². The maximum Gasteiger partial charge on any atom is 0.0322 e. The normalized spacial score (nSPS) is 13.2. The standard InChI is InChI=1S/C18H31N/c1-15(2)10-8-9-13-19-18(14-16(3)4)17-11-6-5-7-12-17/h5-7,11-12,15-16,18-19H,8-10,13-14H2,1-4H3. The Morgan fingerprint density at radius 1 is 0.895 bits per heavy atom.